The SMILES string of the molecule is CC[C@H]1OC(=O)[C@@](C)(F)C(=O)[C@H](C)[C@@H](O[C@]2(C)O[C@H](C)C[C@H](N(C)CC3CC3)[C@H]2O)[C@](C)(OC)C[C@@H](C)C(=O)[C@H](C)[C@H]2N(CCCCc3cccnc3)C(=O)O[C@]12C. The average Bonchev–Trinajstić information content (AvgIpc) is 3.96. The van der Waals surface area contributed by atoms with E-state index in [1.54, 1.807) is 53.9 Å². The number of rotatable bonds is 12. The van der Waals surface area contributed by atoms with Crippen LogP contribution in [-0.2, 0) is 44.5 Å². The average molecular weight is 818 g/mol. The normalized spacial score (nSPS) is 40.6. The molecule has 13 atom stereocenters. The summed E-state index contributed by atoms with van der Waals surface area (Å²) in [6.45, 7) is 15.4. The molecule has 0 radical (unpaired) electrons. The van der Waals surface area contributed by atoms with Crippen molar-refractivity contribution in [1.82, 2.24) is 14.8 Å². The maximum atomic E-state index is 17.0. The highest BCUT2D eigenvalue weighted by Gasteiger charge is 2.62. The van der Waals surface area contributed by atoms with Crippen molar-refractivity contribution in [1.29, 1.82) is 0 Å². The van der Waals surface area contributed by atoms with E-state index in [9.17, 15) is 24.3 Å². The van der Waals surface area contributed by atoms with E-state index >= 15 is 4.39 Å². The van der Waals surface area contributed by atoms with Gasteiger partial charge in [0.2, 0.25) is 0 Å². The van der Waals surface area contributed by atoms with E-state index in [1.165, 1.54) is 18.9 Å². The van der Waals surface area contributed by atoms with Crippen LogP contribution in [0, 0.1) is 23.7 Å². The lowest BCUT2D eigenvalue weighted by Crippen LogP contribution is -2.65. The standard InChI is InChI=1S/C44H68FN3O10/c1-12-33-43(8)35(48(40(53)58-43)21-14-13-16-30-17-15-20-46-24-30)28(4)34(49)26(2)23-41(6,54-11)38(29(5)36(50)42(7,45)39(52)55-33)57-44(9)37(51)32(22-27(3)56-44)47(10)25-31-18-19-31/h15,17,20,24,26-29,31-33,35,37-38,51H,12-14,16,18-19,21-23,25H2,1-11H3/t26-,27-,28+,29+,32+,33-,35-,37-,38-,41-,42+,43-,44+/m1/s1. The van der Waals surface area contributed by atoms with Gasteiger partial charge in [0, 0.05) is 56.4 Å². The Hall–Kier alpha value is -3.04. The van der Waals surface area contributed by atoms with Gasteiger partial charge < -0.3 is 38.6 Å². The molecule has 5 rings (SSSR count). The van der Waals surface area contributed by atoms with Crippen LogP contribution in [0.4, 0.5) is 9.18 Å². The number of ketones is 2. The van der Waals surface area contributed by atoms with Gasteiger partial charge in [0.25, 0.3) is 5.67 Å². The fraction of sp³-hybridized carbons (Fsp3) is 0.795. The molecule has 13 nitrogen and oxygen atoms in total. The summed E-state index contributed by atoms with van der Waals surface area (Å²) in [6.07, 6.45) is 3.75. The number of aliphatic hydroxyl groups is 1. The molecule has 58 heavy (non-hydrogen) atoms. The third-order valence-electron chi connectivity index (χ3n) is 13.5. The topological polar surface area (TPSA) is 154 Å². The molecule has 1 N–H and O–H groups in total. The Bertz CT molecular complexity index is 1630. The van der Waals surface area contributed by atoms with Crippen LogP contribution >= 0.6 is 0 Å². The zero-order valence-corrected chi connectivity index (χ0v) is 36.5. The summed E-state index contributed by atoms with van der Waals surface area (Å²) in [6, 6.07) is 2.61. The number of fused-ring (bicyclic) bond motifs is 1. The predicted molar refractivity (Wildman–Crippen MR) is 213 cm³/mol. The molecular formula is C44H68FN3O10. The van der Waals surface area contributed by atoms with Gasteiger partial charge in [-0.15, -0.1) is 0 Å². The number of hydrogen-bond donors (Lipinski definition) is 1. The summed E-state index contributed by atoms with van der Waals surface area (Å²) in [5.74, 6) is -6.84. The van der Waals surface area contributed by atoms with Crippen molar-refractivity contribution in [2.45, 2.75) is 173 Å². The quantitative estimate of drug-likeness (QED) is 0.153. The smallest absolute Gasteiger partial charge is 0.410 e. The van der Waals surface area contributed by atoms with Crippen LogP contribution in [0.5, 0.6) is 0 Å². The van der Waals surface area contributed by atoms with E-state index in [4.69, 9.17) is 23.7 Å². The number of carbonyl (C=O) groups excluding carboxylic acids is 4. The molecule has 3 saturated heterocycles. The lowest BCUT2D eigenvalue weighted by Gasteiger charge is -2.52. The predicted octanol–water partition coefficient (Wildman–Crippen LogP) is 5.87. The molecule has 0 spiro atoms. The largest absolute Gasteiger partial charge is 0.455 e. The van der Waals surface area contributed by atoms with E-state index in [0.29, 0.717) is 18.8 Å². The van der Waals surface area contributed by atoms with Gasteiger partial charge in [0.05, 0.1) is 23.9 Å². The van der Waals surface area contributed by atoms with Crippen molar-refractivity contribution >= 4 is 23.6 Å². The van der Waals surface area contributed by atoms with Crippen molar-refractivity contribution in [2.24, 2.45) is 23.7 Å². The minimum atomic E-state index is -3.17. The molecule has 4 heterocycles. The molecule has 1 saturated carbocycles. The number of unbranched alkanes of at least 4 members (excludes halogenated alkanes) is 1. The summed E-state index contributed by atoms with van der Waals surface area (Å²) >= 11 is 0. The van der Waals surface area contributed by atoms with Crippen molar-refractivity contribution in [3.05, 3.63) is 30.1 Å². The van der Waals surface area contributed by atoms with Gasteiger partial charge in [0.15, 0.2) is 17.2 Å². The van der Waals surface area contributed by atoms with Gasteiger partial charge in [-0.1, -0.05) is 33.8 Å². The third kappa shape index (κ3) is 9.31. The summed E-state index contributed by atoms with van der Waals surface area (Å²) in [5, 5.41) is 12.0. The number of cyclic esters (lactones) is 1. The summed E-state index contributed by atoms with van der Waals surface area (Å²) in [4.78, 5) is 64.8. The third-order valence-corrected chi connectivity index (χ3v) is 13.5. The molecule has 326 valence electrons. The first-order valence-electron chi connectivity index (χ1n) is 21.3. The number of aromatic nitrogens is 1. The number of nitrogens with zero attached hydrogens (tertiary/aromatic N) is 3. The van der Waals surface area contributed by atoms with E-state index in [1.807, 2.05) is 26.1 Å². The minimum Gasteiger partial charge on any atom is -0.455 e. The van der Waals surface area contributed by atoms with Crippen LogP contribution in [0.3, 0.4) is 0 Å². The maximum Gasteiger partial charge on any atom is 0.410 e. The number of ether oxygens (including phenoxy) is 5. The first-order valence-corrected chi connectivity index (χ1v) is 21.3. The molecular weight excluding hydrogens is 749 g/mol. The summed E-state index contributed by atoms with van der Waals surface area (Å²) in [7, 11) is 3.39. The zero-order valence-electron chi connectivity index (χ0n) is 36.5. The molecule has 3 aliphatic heterocycles. The van der Waals surface area contributed by atoms with Crippen LogP contribution < -0.4 is 0 Å². The number of likely N-dealkylation sites (N-methyl/N-ethyl adjacent to an activating group) is 1. The number of esters is 1. The number of Topliss-reactive ketones (excluding diaryl/α,β-unsaturated/α-hetero) is 2. The van der Waals surface area contributed by atoms with E-state index in [0.717, 1.165) is 44.7 Å². The van der Waals surface area contributed by atoms with Gasteiger partial charge >= 0.3 is 12.1 Å². The van der Waals surface area contributed by atoms with E-state index in [2.05, 4.69) is 9.88 Å². The first kappa shape index (κ1) is 46.0. The van der Waals surface area contributed by atoms with Crippen LogP contribution in [0.15, 0.2) is 24.5 Å². The van der Waals surface area contributed by atoms with Gasteiger partial charge in [0.1, 0.15) is 18.0 Å². The number of alkyl halides is 1. The Morgan fingerprint density at radius 1 is 1.05 bits per heavy atom. The number of carbonyl (C=O) groups is 4. The molecule has 1 aromatic heterocycles. The van der Waals surface area contributed by atoms with Gasteiger partial charge in [-0.3, -0.25) is 14.6 Å². The minimum absolute atomic E-state index is 0.00962. The van der Waals surface area contributed by atoms with Gasteiger partial charge in [-0.25, -0.2) is 14.0 Å². The lowest BCUT2D eigenvalue weighted by atomic mass is 9.73. The molecule has 0 unspecified atom stereocenters. The number of hydrogen-bond acceptors (Lipinski definition) is 12. The fourth-order valence-corrected chi connectivity index (χ4v) is 9.98. The van der Waals surface area contributed by atoms with E-state index < -0.39 is 82.6 Å². The highest BCUT2D eigenvalue weighted by molar-refractivity contribution is 6.08. The first-order chi connectivity index (χ1) is 27.1. The molecule has 4 fully saturated rings. The molecule has 1 aliphatic carbocycles. The Kier molecular flexibility index (Phi) is 14.2. The lowest BCUT2D eigenvalue weighted by molar-refractivity contribution is -0.354. The number of methoxy groups -OCH3 is 1. The zero-order chi connectivity index (χ0) is 43.0. The van der Waals surface area contributed by atoms with Crippen LogP contribution in [0.1, 0.15) is 113 Å². The molecule has 1 amide bonds. The van der Waals surface area contributed by atoms with Crippen molar-refractivity contribution in [2.75, 3.05) is 27.2 Å². The second-order valence-corrected chi connectivity index (χ2v) is 18.4. The Labute approximate surface area is 344 Å². The number of amides is 1. The number of halogens is 1. The Morgan fingerprint density at radius 3 is 2.34 bits per heavy atom. The monoisotopic (exact) mass is 817 g/mol. The number of pyridine rings is 1. The van der Waals surface area contributed by atoms with Crippen LogP contribution in [-0.4, -0.2) is 130 Å². The molecule has 0 bridgehead atoms. The Morgan fingerprint density at radius 2 is 1.74 bits per heavy atom. The van der Waals surface area contributed by atoms with Crippen molar-refractivity contribution in [3.8, 4) is 0 Å². The van der Waals surface area contributed by atoms with Crippen molar-refractivity contribution < 1.29 is 52.4 Å². The molecule has 14 heteroatoms. The second-order valence-electron chi connectivity index (χ2n) is 18.4. The molecule has 1 aromatic rings. The summed E-state index contributed by atoms with van der Waals surface area (Å²) in [5.41, 5.74) is -5.14. The molecule has 4 aliphatic rings. The second kappa shape index (κ2) is 17.9. The van der Waals surface area contributed by atoms with Crippen LogP contribution in [0.2, 0.25) is 0 Å². The number of aliphatic hydroxyl groups excluding tert-OH is 1. The highest BCUT2D eigenvalue weighted by atomic mass is 19.1. The van der Waals surface area contributed by atoms with E-state index in [-0.39, 0.29) is 37.3 Å². The maximum absolute atomic E-state index is 17.0. The number of aryl methyl sites for hydroxylation is 1. The molecule has 0 aromatic carbocycles. The van der Waals surface area contributed by atoms with Crippen molar-refractivity contribution in [3.63, 3.8) is 0 Å². The van der Waals surface area contributed by atoms with Crippen LogP contribution in [0.25, 0.3) is 0 Å². The Balaban J connectivity index is 1.51. The van der Waals surface area contributed by atoms with Gasteiger partial charge in [-0.2, -0.15) is 0 Å². The van der Waals surface area contributed by atoms with Gasteiger partial charge in [-0.05, 0) is 111 Å². The highest BCUT2D eigenvalue weighted by Crippen LogP contribution is 2.45. The summed E-state index contributed by atoms with van der Waals surface area (Å²) < 4.78 is 48.3. The fourth-order valence-electron chi connectivity index (χ4n) is 9.98.